The number of methoxy groups -OCH3 is 1. The zero-order chi connectivity index (χ0) is 12.1. The average Bonchev–Trinajstić information content (AvgIpc) is 2.25. The minimum Gasteiger partial charge on any atom is -0.482 e. The van der Waals surface area contributed by atoms with Gasteiger partial charge in [-0.2, -0.15) is 0 Å². The molecule has 1 atom stereocenters. The molecular formula is C12H17NO3. The molecule has 88 valence electrons. The highest BCUT2D eigenvalue weighted by Crippen LogP contribution is 2.24. The smallest absolute Gasteiger partial charge is 0.343 e. The van der Waals surface area contributed by atoms with Crippen LogP contribution in [0.4, 0.5) is 0 Å². The van der Waals surface area contributed by atoms with E-state index in [9.17, 15) is 4.79 Å². The summed E-state index contributed by atoms with van der Waals surface area (Å²) < 4.78 is 9.88. The molecule has 0 saturated heterocycles. The summed E-state index contributed by atoms with van der Waals surface area (Å²) in [5, 5.41) is 0. The fraction of sp³-hybridized carbons (Fsp3) is 0.417. The van der Waals surface area contributed by atoms with Crippen LogP contribution in [-0.2, 0) is 9.53 Å². The number of carbonyl (C=O) groups excluding carboxylic acids is 1. The van der Waals surface area contributed by atoms with E-state index in [0.29, 0.717) is 5.75 Å². The van der Waals surface area contributed by atoms with Gasteiger partial charge in [0, 0.05) is 11.6 Å². The van der Waals surface area contributed by atoms with Crippen molar-refractivity contribution in [3.63, 3.8) is 0 Å². The first-order valence-electron chi connectivity index (χ1n) is 5.10. The van der Waals surface area contributed by atoms with E-state index in [4.69, 9.17) is 10.5 Å². The number of nitrogens with two attached hydrogens (primary N) is 1. The Bertz CT molecular complexity index is 375. The molecule has 0 aliphatic rings. The number of ether oxygens (including phenoxy) is 2. The van der Waals surface area contributed by atoms with E-state index in [1.807, 2.05) is 32.0 Å². The van der Waals surface area contributed by atoms with Crippen LogP contribution in [0.1, 0.15) is 24.1 Å². The largest absolute Gasteiger partial charge is 0.482 e. The number of hydrogen-bond donors (Lipinski definition) is 1. The molecule has 0 amide bonds. The number of benzene rings is 1. The van der Waals surface area contributed by atoms with E-state index < -0.39 is 5.97 Å². The Morgan fingerprint density at radius 2 is 2.19 bits per heavy atom. The summed E-state index contributed by atoms with van der Waals surface area (Å²) in [7, 11) is 1.33. The summed E-state index contributed by atoms with van der Waals surface area (Å²) in [6.45, 7) is 3.73. The van der Waals surface area contributed by atoms with Crippen LogP contribution in [0, 0.1) is 6.92 Å². The SMILES string of the molecule is COC(=O)COc1cc(C)ccc1[C@H](C)N. The quantitative estimate of drug-likeness (QED) is 0.787. The van der Waals surface area contributed by atoms with Crippen molar-refractivity contribution in [3.05, 3.63) is 29.3 Å². The summed E-state index contributed by atoms with van der Waals surface area (Å²) in [5.41, 5.74) is 7.75. The van der Waals surface area contributed by atoms with Crippen molar-refractivity contribution in [2.24, 2.45) is 5.73 Å². The molecule has 0 heterocycles. The summed E-state index contributed by atoms with van der Waals surface area (Å²) in [5.74, 6) is 0.234. The maximum absolute atomic E-state index is 11.0. The average molecular weight is 223 g/mol. The van der Waals surface area contributed by atoms with Gasteiger partial charge in [-0.3, -0.25) is 0 Å². The van der Waals surface area contributed by atoms with Gasteiger partial charge in [0.25, 0.3) is 0 Å². The van der Waals surface area contributed by atoms with Gasteiger partial charge >= 0.3 is 5.97 Å². The van der Waals surface area contributed by atoms with Crippen LogP contribution >= 0.6 is 0 Å². The Morgan fingerprint density at radius 1 is 1.50 bits per heavy atom. The maximum Gasteiger partial charge on any atom is 0.343 e. The van der Waals surface area contributed by atoms with E-state index in [0.717, 1.165) is 11.1 Å². The number of aryl methyl sites for hydroxylation is 1. The second-order valence-electron chi connectivity index (χ2n) is 3.69. The second-order valence-corrected chi connectivity index (χ2v) is 3.69. The van der Waals surface area contributed by atoms with Crippen molar-refractivity contribution in [2.75, 3.05) is 13.7 Å². The van der Waals surface area contributed by atoms with Crippen LogP contribution in [-0.4, -0.2) is 19.7 Å². The van der Waals surface area contributed by atoms with Crippen LogP contribution in [0.15, 0.2) is 18.2 Å². The lowest BCUT2D eigenvalue weighted by Crippen LogP contribution is -2.15. The number of carbonyl (C=O) groups is 1. The predicted octanol–water partition coefficient (Wildman–Crippen LogP) is 1.57. The van der Waals surface area contributed by atoms with Gasteiger partial charge in [0.1, 0.15) is 5.75 Å². The summed E-state index contributed by atoms with van der Waals surface area (Å²) in [4.78, 5) is 11.0. The van der Waals surface area contributed by atoms with Crippen LogP contribution in [0.3, 0.4) is 0 Å². The Balaban J connectivity index is 2.84. The normalized spacial score (nSPS) is 12.0. The first-order chi connectivity index (χ1) is 7.54. The molecule has 4 heteroatoms. The van der Waals surface area contributed by atoms with Crippen molar-refractivity contribution in [2.45, 2.75) is 19.9 Å². The molecule has 0 spiro atoms. The lowest BCUT2D eigenvalue weighted by molar-refractivity contribution is -0.142. The Morgan fingerprint density at radius 3 is 2.75 bits per heavy atom. The zero-order valence-electron chi connectivity index (χ0n) is 9.82. The van der Waals surface area contributed by atoms with Crippen LogP contribution in [0.2, 0.25) is 0 Å². The molecule has 1 aromatic carbocycles. The molecule has 16 heavy (non-hydrogen) atoms. The molecular weight excluding hydrogens is 206 g/mol. The third-order valence-electron chi connectivity index (χ3n) is 2.23. The molecule has 4 nitrogen and oxygen atoms in total. The van der Waals surface area contributed by atoms with Crippen LogP contribution < -0.4 is 10.5 Å². The highest BCUT2D eigenvalue weighted by atomic mass is 16.6. The summed E-state index contributed by atoms with van der Waals surface area (Å²) in [6, 6.07) is 5.60. The van der Waals surface area contributed by atoms with E-state index in [-0.39, 0.29) is 12.6 Å². The highest BCUT2D eigenvalue weighted by Gasteiger charge is 2.10. The van der Waals surface area contributed by atoms with E-state index in [1.54, 1.807) is 0 Å². The first-order valence-corrected chi connectivity index (χ1v) is 5.10. The number of esters is 1. The summed E-state index contributed by atoms with van der Waals surface area (Å²) in [6.07, 6.45) is 0. The third-order valence-corrected chi connectivity index (χ3v) is 2.23. The lowest BCUT2D eigenvalue weighted by atomic mass is 10.1. The minimum absolute atomic E-state index is 0.0975. The van der Waals surface area contributed by atoms with Crippen molar-refractivity contribution < 1.29 is 14.3 Å². The van der Waals surface area contributed by atoms with Gasteiger partial charge in [-0.15, -0.1) is 0 Å². The number of hydrogen-bond acceptors (Lipinski definition) is 4. The Kier molecular flexibility index (Phi) is 4.31. The molecule has 0 aliphatic heterocycles. The molecule has 0 fully saturated rings. The predicted molar refractivity (Wildman–Crippen MR) is 61.3 cm³/mol. The van der Waals surface area contributed by atoms with Gasteiger partial charge in [0.05, 0.1) is 7.11 Å². The standard InChI is InChI=1S/C12H17NO3/c1-8-4-5-10(9(2)13)11(6-8)16-7-12(14)15-3/h4-6,9H,7,13H2,1-3H3/t9-/m0/s1. The molecule has 0 bridgehead atoms. The van der Waals surface area contributed by atoms with Crippen molar-refractivity contribution in [3.8, 4) is 5.75 Å². The third kappa shape index (κ3) is 3.24. The van der Waals surface area contributed by atoms with Gasteiger partial charge in [-0.25, -0.2) is 4.79 Å². The second kappa shape index (κ2) is 5.51. The zero-order valence-corrected chi connectivity index (χ0v) is 9.82. The molecule has 0 aliphatic carbocycles. The fourth-order valence-corrected chi connectivity index (χ4v) is 1.34. The lowest BCUT2D eigenvalue weighted by Gasteiger charge is -2.14. The van der Waals surface area contributed by atoms with E-state index in [1.165, 1.54) is 7.11 Å². The van der Waals surface area contributed by atoms with Crippen molar-refractivity contribution in [1.82, 2.24) is 0 Å². The van der Waals surface area contributed by atoms with Gasteiger partial charge < -0.3 is 15.2 Å². The Labute approximate surface area is 95.3 Å². The van der Waals surface area contributed by atoms with Crippen LogP contribution in [0.5, 0.6) is 5.75 Å². The van der Waals surface area contributed by atoms with Gasteiger partial charge in [-0.1, -0.05) is 12.1 Å². The van der Waals surface area contributed by atoms with Crippen LogP contribution in [0.25, 0.3) is 0 Å². The van der Waals surface area contributed by atoms with Gasteiger partial charge in [-0.05, 0) is 25.5 Å². The van der Waals surface area contributed by atoms with Crippen molar-refractivity contribution in [1.29, 1.82) is 0 Å². The maximum atomic E-state index is 11.0. The first kappa shape index (κ1) is 12.5. The molecule has 0 unspecified atom stereocenters. The molecule has 1 aromatic rings. The molecule has 0 aromatic heterocycles. The molecule has 1 rings (SSSR count). The minimum atomic E-state index is -0.405. The van der Waals surface area contributed by atoms with E-state index >= 15 is 0 Å². The molecule has 0 saturated carbocycles. The molecule has 0 radical (unpaired) electrons. The highest BCUT2D eigenvalue weighted by molar-refractivity contribution is 5.71. The number of rotatable bonds is 4. The monoisotopic (exact) mass is 223 g/mol. The van der Waals surface area contributed by atoms with Gasteiger partial charge in [0.2, 0.25) is 0 Å². The van der Waals surface area contributed by atoms with E-state index in [2.05, 4.69) is 4.74 Å². The molecule has 2 N–H and O–H groups in total. The fourth-order valence-electron chi connectivity index (χ4n) is 1.34. The summed E-state index contributed by atoms with van der Waals surface area (Å²) >= 11 is 0. The van der Waals surface area contributed by atoms with Gasteiger partial charge in [0.15, 0.2) is 6.61 Å². The van der Waals surface area contributed by atoms with Crippen molar-refractivity contribution >= 4 is 5.97 Å². The topological polar surface area (TPSA) is 61.5 Å². The Hall–Kier alpha value is -1.55.